The Morgan fingerprint density at radius 3 is 2.95 bits per heavy atom. The summed E-state index contributed by atoms with van der Waals surface area (Å²) in [5.74, 6) is 0.745. The first-order valence-corrected chi connectivity index (χ1v) is 8.05. The van der Waals surface area contributed by atoms with Crippen molar-refractivity contribution in [3.63, 3.8) is 0 Å². The number of carbonyl (C=O) groups excluding carboxylic acids is 1. The lowest BCUT2D eigenvalue weighted by Gasteiger charge is -2.40. The first-order valence-electron chi connectivity index (χ1n) is 7.00. The van der Waals surface area contributed by atoms with Crippen LogP contribution in [0.5, 0.6) is 0 Å². The number of thioether (sulfide) groups is 1. The smallest absolute Gasteiger partial charge is 0.340 e. The van der Waals surface area contributed by atoms with Crippen LogP contribution in [0.2, 0.25) is 0 Å². The Morgan fingerprint density at radius 1 is 1.50 bits per heavy atom. The van der Waals surface area contributed by atoms with Crippen LogP contribution in [0.1, 0.15) is 31.1 Å². The van der Waals surface area contributed by atoms with Gasteiger partial charge in [-0.2, -0.15) is 11.8 Å². The van der Waals surface area contributed by atoms with E-state index in [1.807, 2.05) is 24.8 Å². The highest BCUT2D eigenvalue weighted by atomic mass is 32.2. The monoisotopic (exact) mass is 294 g/mol. The number of hydrogen-bond donors (Lipinski definition) is 1. The van der Waals surface area contributed by atoms with Crippen molar-refractivity contribution in [2.24, 2.45) is 0 Å². The molecule has 1 aliphatic rings. The van der Waals surface area contributed by atoms with Crippen molar-refractivity contribution in [1.29, 1.82) is 0 Å². The molecule has 110 valence electrons. The second-order valence-electron chi connectivity index (χ2n) is 4.97. The number of esters is 1. The van der Waals surface area contributed by atoms with Crippen LogP contribution in [0, 0.1) is 0 Å². The molecule has 1 aromatic carbocycles. The highest BCUT2D eigenvalue weighted by Gasteiger charge is 2.29. The standard InChI is InChI=1S/C15H22N2O2S/c1-4-19-15(18)12-6-5-7-13(16)14(12)17-8-9-20-11(3)10(17)2/h5-7,10-11H,4,8-9,16H2,1-3H3. The van der Waals surface area contributed by atoms with E-state index in [1.54, 1.807) is 12.1 Å². The van der Waals surface area contributed by atoms with Gasteiger partial charge in [0.25, 0.3) is 0 Å². The molecule has 2 N–H and O–H groups in total. The molecule has 0 aromatic heterocycles. The molecule has 5 heteroatoms. The SMILES string of the molecule is CCOC(=O)c1cccc(N)c1N1CCSC(C)C1C. The fraction of sp³-hybridized carbons (Fsp3) is 0.533. The molecule has 2 rings (SSSR count). The maximum atomic E-state index is 12.1. The zero-order valence-electron chi connectivity index (χ0n) is 12.3. The van der Waals surface area contributed by atoms with Crippen molar-refractivity contribution in [1.82, 2.24) is 0 Å². The van der Waals surface area contributed by atoms with Crippen molar-refractivity contribution in [3.05, 3.63) is 23.8 Å². The van der Waals surface area contributed by atoms with Gasteiger partial charge < -0.3 is 15.4 Å². The molecular weight excluding hydrogens is 272 g/mol. The zero-order valence-corrected chi connectivity index (χ0v) is 13.1. The number of hydrogen-bond acceptors (Lipinski definition) is 5. The van der Waals surface area contributed by atoms with Crippen molar-refractivity contribution < 1.29 is 9.53 Å². The molecule has 1 aromatic rings. The summed E-state index contributed by atoms with van der Waals surface area (Å²) in [5, 5.41) is 0.512. The van der Waals surface area contributed by atoms with E-state index in [2.05, 4.69) is 18.7 Å². The van der Waals surface area contributed by atoms with Crippen LogP contribution in [-0.2, 0) is 4.74 Å². The van der Waals surface area contributed by atoms with Gasteiger partial charge in [-0.3, -0.25) is 0 Å². The number of anilines is 2. The summed E-state index contributed by atoms with van der Waals surface area (Å²) >= 11 is 1.96. The second kappa shape index (κ2) is 6.39. The van der Waals surface area contributed by atoms with Crippen LogP contribution in [-0.4, -0.2) is 36.2 Å². The number of nitrogens with two attached hydrogens (primary N) is 1. The Labute approximate surface area is 124 Å². The number of para-hydroxylation sites is 1. The molecule has 2 unspecified atom stereocenters. The van der Waals surface area contributed by atoms with Crippen LogP contribution in [0.15, 0.2) is 18.2 Å². The van der Waals surface area contributed by atoms with Crippen molar-refractivity contribution in [2.45, 2.75) is 32.1 Å². The lowest BCUT2D eigenvalue weighted by atomic mass is 10.1. The summed E-state index contributed by atoms with van der Waals surface area (Å²) in [6.45, 7) is 7.47. The van der Waals surface area contributed by atoms with E-state index in [0.717, 1.165) is 18.0 Å². The molecule has 0 aliphatic carbocycles. The normalized spacial score (nSPS) is 22.6. The number of nitrogen functional groups attached to an aromatic ring is 1. The number of carbonyl (C=O) groups is 1. The van der Waals surface area contributed by atoms with Crippen molar-refractivity contribution >= 4 is 29.1 Å². The third kappa shape index (κ3) is 2.87. The van der Waals surface area contributed by atoms with Gasteiger partial charge in [-0.05, 0) is 26.0 Å². The number of benzene rings is 1. The summed E-state index contributed by atoms with van der Waals surface area (Å²) < 4.78 is 5.15. The Hall–Kier alpha value is -1.36. The molecule has 2 atom stereocenters. The molecule has 1 saturated heterocycles. The van der Waals surface area contributed by atoms with E-state index >= 15 is 0 Å². The van der Waals surface area contributed by atoms with Gasteiger partial charge in [0.2, 0.25) is 0 Å². The third-order valence-corrected chi connectivity index (χ3v) is 5.07. The second-order valence-corrected chi connectivity index (χ2v) is 6.46. The van der Waals surface area contributed by atoms with E-state index in [-0.39, 0.29) is 5.97 Å². The van der Waals surface area contributed by atoms with Crippen LogP contribution in [0.25, 0.3) is 0 Å². The molecule has 1 aliphatic heterocycles. The van der Waals surface area contributed by atoms with Crippen LogP contribution in [0.3, 0.4) is 0 Å². The summed E-state index contributed by atoms with van der Waals surface area (Å²) in [4.78, 5) is 14.4. The molecule has 20 heavy (non-hydrogen) atoms. The number of nitrogens with zero attached hydrogens (tertiary/aromatic N) is 1. The summed E-state index contributed by atoms with van der Waals surface area (Å²) in [5.41, 5.74) is 8.17. The predicted molar refractivity (Wildman–Crippen MR) is 85.5 cm³/mol. The van der Waals surface area contributed by atoms with Crippen LogP contribution in [0.4, 0.5) is 11.4 Å². The molecule has 0 saturated carbocycles. The third-order valence-electron chi connectivity index (χ3n) is 3.73. The Bertz CT molecular complexity index is 493. The Kier molecular flexibility index (Phi) is 4.81. The lowest BCUT2D eigenvalue weighted by molar-refractivity contribution is 0.0527. The summed E-state index contributed by atoms with van der Waals surface area (Å²) in [6.07, 6.45) is 0. The fourth-order valence-electron chi connectivity index (χ4n) is 2.50. The van der Waals surface area contributed by atoms with Crippen molar-refractivity contribution in [2.75, 3.05) is 29.5 Å². The molecule has 1 heterocycles. The van der Waals surface area contributed by atoms with Crippen LogP contribution < -0.4 is 10.6 Å². The van der Waals surface area contributed by atoms with Crippen LogP contribution >= 0.6 is 11.8 Å². The average Bonchev–Trinajstić information content (AvgIpc) is 2.42. The summed E-state index contributed by atoms with van der Waals surface area (Å²) in [6, 6.07) is 5.78. The first kappa shape index (κ1) is 15.0. The summed E-state index contributed by atoms with van der Waals surface area (Å²) in [7, 11) is 0. The quantitative estimate of drug-likeness (QED) is 0.686. The van der Waals surface area contributed by atoms with Gasteiger partial charge in [0, 0.05) is 23.6 Å². The predicted octanol–water partition coefficient (Wildman–Crippen LogP) is 2.78. The average molecular weight is 294 g/mol. The maximum Gasteiger partial charge on any atom is 0.340 e. The topological polar surface area (TPSA) is 55.6 Å². The molecule has 0 bridgehead atoms. The Balaban J connectivity index is 2.41. The fourth-order valence-corrected chi connectivity index (χ4v) is 3.60. The molecule has 0 spiro atoms. The van der Waals surface area contributed by atoms with E-state index in [1.165, 1.54) is 0 Å². The highest BCUT2D eigenvalue weighted by Crippen LogP contribution is 2.35. The zero-order chi connectivity index (χ0) is 14.7. The molecule has 0 radical (unpaired) electrons. The lowest BCUT2D eigenvalue weighted by Crippen LogP contribution is -2.45. The van der Waals surface area contributed by atoms with E-state index in [4.69, 9.17) is 10.5 Å². The highest BCUT2D eigenvalue weighted by molar-refractivity contribution is 8.00. The minimum absolute atomic E-state index is 0.298. The first-order chi connectivity index (χ1) is 9.56. The van der Waals surface area contributed by atoms with Gasteiger partial charge in [-0.25, -0.2) is 4.79 Å². The van der Waals surface area contributed by atoms with Gasteiger partial charge >= 0.3 is 5.97 Å². The van der Waals surface area contributed by atoms with Gasteiger partial charge in [-0.1, -0.05) is 13.0 Å². The largest absolute Gasteiger partial charge is 0.462 e. The number of ether oxygens (including phenoxy) is 1. The minimum Gasteiger partial charge on any atom is -0.462 e. The van der Waals surface area contributed by atoms with E-state index < -0.39 is 0 Å². The maximum absolute atomic E-state index is 12.1. The van der Waals surface area contributed by atoms with Crippen molar-refractivity contribution in [3.8, 4) is 0 Å². The molecule has 4 nitrogen and oxygen atoms in total. The van der Waals surface area contributed by atoms with E-state index in [0.29, 0.717) is 29.1 Å². The number of rotatable bonds is 3. The molecule has 1 fully saturated rings. The van der Waals surface area contributed by atoms with Gasteiger partial charge in [-0.15, -0.1) is 0 Å². The van der Waals surface area contributed by atoms with Gasteiger partial charge in [0.05, 0.1) is 23.5 Å². The minimum atomic E-state index is -0.298. The molecule has 0 amide bonds. The van der Waals surface area contributed by atoms with Gasteiger partial charge in [0.1, 0.15) is 0 Å². The van der Waals surface area contributed by atoms with Gasteiger partial charge in [0.15, 0.2) is 0 Å². The Morgan fingerprint density at radius 2 is 2.25 bits per heavy atom. The van der Waals surface area contributed by atoms with E-state index in [9.17, 15) is 4.79 Å². The molecular formula is C15H22N2O2S.